The van der Waals surface area contributed by atoms with E-state index in [0.29, 0.717) is 11.3 Å². The Bertz CT molecular complexity index is 1320. The maximum Gasteiger partial charge on any atom is 0.154 e. The molecule has 1 aliphatic heterocycles. The van der Waals surface area contributed by atoms with Gasteiger partial charge in [0, 0.05) is 22.9 Å². The number of hydrogen-bond acceptors (Lipinski definition) is 2. The van der Waals surface area contributed by atoms with Gasteiger partial charge in [-0.25, -0.2) is 13.2 Å². The summed E-state index contributed by atoms with van der Waals surface area (Å²) in [6.07, 6.45) is 6.52. The van der Waals surface area contributed by atoms with Crippen LogP contribution in [-0.4, -0.2) is 10.7 Å². The van der Waals surface area contributed by atoms with E-state index in [9.17, 15) is 0 Å². The molecule has 0 spiro atoms. The Morgan fingerprint density at radius 2 is 1.60 bits per heavy atom. The molecule has 1 aliphatic rings. The van der Waals surface area contributed by atoms with Crippen LogP contribution in [-0.2, 0) is 0 Å². The lowest BCUT2D eigenvalue weighted by Gasteiger charge is -2.21. The van der Waals surface area contributed by atoms with Crippen LogP contribution < -0.4 is 0 Å². The second-order valence-corrected chi connectivity index (χ2v) is 9.64. The lowest BCUT2D eigenvalue weighted by atomic mass is 9.87. The largest absolute Gasteiger partial charge is 0.269 e. The molecular formula is C30H33F3N2. The Balaban J connectivity index is 2.43. The second kappa shape index (κ2) is 10.2. The number of benzene rings is 1. The number of nitrogens with zero attached hydrogens (tertiary/aromatic N) is 2. The average molecular weight is 479 g/mol. The summed E-state index contributed by atoms with van der Waals surface area (Å²) in [4.78, 5) is 9.01. The monoisotopic (exact) mass is 478 g/mol. The van der Waals surface area contributed by atoms with E-state index in [2.05, 4.69) is 16.6 Å². The minimum Gasteiger partial charge on any atom is -0.269 e. The Morgan fingerprint density at radius 3 is 2.17 bits per heavy atom. The molecule has 0 saturated carbocycles. The van der Waals surface area contributed by atoms with Crippen LogP contribution in [0.3, 0.4) is 0 Å². The van der Waals surface area contributed by atoms with Gasteiger partial charge in [-0.05, 0) is 87.4 Å². The Hall–Kier alpha value is -3.21. The van der Waals surface area contributed by atoms with Crippen molar-refractivity contribution in [3.63, 3.8) is 0 Å². The molecule has 0 fully saturated rings. The average Bonchev–Trinajstić information content (AvgIpc) is 3.10. The maximum absolute atomic E-state index is 16.0. The summed E-state index contributed by atoms with van der Waals surface area (Å²) < 4.78 is 47.6. The third-order valence-corrected chi connectivity index (χ3v) is 6.87. The molecule has 0 bridgehead atoms. The summed E-state index contributed by atoms with van der Waals surface area (Å²) in [6.45, 7) is 18.3. The smallest absolute Gasteiger partial charge is 0.154 e. The van der Waals surface area contributed by atoms with Gasteiger partial charge in [0.15, 0.2) is 5.83 Å². The fourth-order valence-electron chi connectivity index (χ4n) is 3.90. The molecule has 1 aromatic carbocycles. The highest BCUT2D eigenvalue weighted by Gasteiger charge is 2.35. The fraction of sp³-hybridized carbons (Fsp3) is 0.333. The van der Waals surface area contributed by atoms with Crippen LogP contribution in [0, 0.1) is 45.2 Å². The maximum atomic E-state index is 16.0. The predicted octanol–water partition coefficient (Wildman–Crippen LogP) is 8.71. The number of aliphatic imine (C=N–C) groups is 1. The van der Waals surface area contributed by atoms with Crippen LogP contribution in [0.15, 0.2) is 64.6 Å². The van der Waals surface area contributed by atoms with Gasteiger partial charge in [0.05, 0.1) is 11.4 Å². The summed E-state index contributed by atoms with van der Waals surface area (Å²) in [7, 11) is 0. The molecule has 3 rings (SSSR count). The number of allylic oxidation sites excluding steroid dienone is 5. The number of pyridine rings is 1. The highest BCUT2D eigenvalue weighted by atomic mass is 19.1. The minimum absolute atomic E-state index is 0.000958. The first kappa shape index (κ1) is 26.4. The highest BCUT2D eigenvalue weighted by molar-refractivity contribution is 6.10. The predicted molar refractivity (Wildman–Crippen MR) is 139 cm³/mol. The van der Waals surface area contributed by atoms with Gasteiger partial charge in [0.1, 0.15) is 17.7 Å². The van der Waals surface area contributed by atoms with E-state index in [1.807, 2.05) is 34.6 Å². The molecule has 1 aromatic heterocycles. The summed E-state index contributed by atoms with van der Waals surface area (Å²) >= 11 is 0. The molecule has 2 nitrogen and oxygen atoms in total. The molecule has 0 saturated heterocycles. The van der Waals surface area contributed by atoms with Gasteiger partial charge in [-0.3, -0.25) is 9.98 Å². The number of aryl methyl sites for hydroxylation is 2. The normalized spacial score (nSPS) is 16.9. The third kappa shape index (κ3) is 4.95. The van der Waals surface area contributed by atoms with E-state index in [-0.39, 0.29) is 39.5 Å². The van der Waals surface area contributed by atoms with Gasteiger partial charge in [0.2, 0.25) is 0 Å². The summed E-state index contributed by atoms with van der Waals surface area (Å²) in [6, 6.07) is 0.682. The van der Waals surface area contributed by atoms with Crippen molar-refractivity contribution >= 4 is 5.71 Å². The van der Waals surface area contributed by atoms with Crippen LogP contribution in [0.4, 0.5) is 13.2 Å². The Kier molecular flexibility index (Phi) is 7.68. The number of aromatic nitrogens is 1. The van der Waals surface area contributed by atoms with Crippen molar-refractivity contribution < 1.29 is 13.2 Å². The van der Waals surface area contributed by atoms with Crippen molar-refractivity contribution in [3.05, 3.63) is 99.1 Å². The van der Waals surface area contributed by atoms with Crippen LogP contribution in [0.2, 0.25) is 0 Å². The molecule has 5 heteroatoms. The van der Waals surface area contributed by atoms with E-state index < -0.39 is 23.5 Å². The van der Waals surface area contributed by atoms with Crippen molar-refractivity contribution in [1.82, 2.24) is 4.98 Å². The van der Waals surface area contributed by atoms with Crippen LogP contribution in [0.1, 0.15) is 61.6 Å². The molecule has 2 heterocycles. The van der Waals surface area contributed by atoms with Gasteiger partial charge >= 0.3 is 0 Å². The van der Waals surface area contributed by atoms with Crippen molar-refractivity contribution in [2.45, 2.75) is 61.4 Å². The molecule has 0 aliphatic carbocycles. The van der Waals surface area contributed by atoms with Gasteiger partial charge in [0.25, 0.3) is 0 Å². The highest BCUT2D eigenvalue weighted by Crippen LogP contribution is 2.45. The van der Waals surface area contributed by atoms with E-state index in [0.717, 1.165) is 16.7 Å². The standard InChI is InChI=1S/C30H33F3N2/c1-10-16(4)11-24-29(33)22(12-17(5)15(2)3)30(35-24)26-25(23-13-18(6)19(7)14-34-23)27(31)20(8)21(9)28(26)32/h10-15,30H,1H2,2-9H3/b16-11-,17-12-/t30-/m0/s1. The molecule has 1 atom stereocenters. The van der Waals surface area contributed by atoms with Gasteiger partial charge in [-0.1, -0.05) is 38.2 Å². The van der Waals surface area contributed by atoms with Crippen molar-refractivity contribution in [2.75, 3.05) is 0 Å². The summed E-state index contributed by atoms with van der Waals surface area (Å²) in [5, 5.41) is 0. The molecule has 35 heavy (non-hydrogen) atoms. The minimum atomic E-state index is -1.06. The zero-order chi connectivity index (χ0) is 26.2. The molecule has 0 unspecified atom stereocenters. The second-order valence-electron chi connectivity index (χ2n) is 9.64. The molecular weight excluding hydrogens is 445 g/mol. The van der Waals surface area contributed by atoms with E-state index in [4.69, 9.17) is 0 Å². The topological polar surface area (TPSA) is 25.2 Å². The first-order chi connectivity index (χ1) is 16.4. The fourth-order valence-corrected chi connectivity index (χ4v) is 3.90. The molecule has 2 aromatic rings. The summed E-state index contributed by atoms with van der Waals surface area (Å²) in [5.74, 6) is -1.57. The van der Waals surface area contributed by atoms with E-state index in [1.54, 1.807) is 44.3 Å². The lowest BCUT2D eigenvalue weighted by Crippen LogP contribution is -2.10. The molecule has 0 radical (unpaired) electrons. The first-order valence-electron chi connectivity index (χ1n) is 11.8. The third-order valence-electron chi connectivity index (χ3n) is 6.87. The number of hydrogen-bond donors (Lipinski definition) is 0. The number of halogens is 3. The zero-order valence-electron chi connectivity index (χ0n) is 21.8. The van der Waals surface area contributed by atoms with E-state index >= 15 is 13.2 Å². The lowest BCUT2D eigenvalue weighted by molar-refractivity contribution is 0.565. The van der Waals surface area contributed by atoms with E-state index in [1.165, 1.54) is 6.92 Å². The van der Waals surface area contributed by atoms with Crippen LogP contribution >= 0.6 is 0 Å². The zero-order valence-corrected chi connectivity index (χ0v) is 21.8. The van der Waals surface area contributed by atoms with Gasteiger partial charge in [-0.2, -0.15) is 0 Å². The summed E-state index contributed by atoms with van der Waals surface area (Å²) in [5.41, 5.74) is 4.47. The van der Waals surface area contributed by atoms with Crippen molar-refractivity contribution in [3.8, 4) is 11.3 Å². The SMILES string of the molecule is C=C/C(C)=C\C1=N[C@H](c2c(F)c(C)c(C)c(F)c2-c2cc(C)c(C)cn2)C(/C=C(/C)C(C)C)=C1F. The molecule has 0 amide bonds. The van der Waals surface area contributed by atoms with Crippen LogP contribution in [0.5, 0.6) is 0 Å². The van der Waals surface area contributed by atoms with Gasteiger partial charge < -0.3 is 0 Å². The molecule has 0 N–H and O–H groups in total. The first-order valence-corrected chi connectivity index (χ1v) is 11.8. The van der Waals surface area contributed by atoms with Gasteiger partial charge in [-0.15, -0.1) is 0 Å². The van der Waals surface area contributed by atoms with Crippen molar-refractivity contribution in [1.29, 1.82) is 0 Å². The Morgan fingerprint density at radius 1 is 0.971 bits per heavy atom. The Labute approximate surface area is 206 Å². The quantitative estimate of drug-likeness (QED) is 0.381. The van der Waals surface area contributed by atoms with Crippen LogP contribution in [0.25, 0.3) is 11.3 Å². The molecule has 184 valence electrons. The van der Waals surface area contributed by atoms with Crippen molar-refractivity contribution in [2.24, 2.45) is 10.9 Å². The number of rotatable bonds is 6.